The van der Waals surface area contributed by atoms with Crippen LogP contribution in [0.4, 0.5) is 0 Å². The summed E-state index contributed by atoms with van der Waals surface area (Å²) in [6.07, 6.45) is 0. The van der Waals surface area contributed by atoms with Gasteiger partial charge in [0.1, 0.15) is 11.4 Å². The highest BCUT2D eigenvalue weighted by atomic mass is 16.5. The molecule has 0 atom stereocenters. The smallest absolute Gasteiger partial charge is 0.352 e. The van der Waals surface area contributed by atoms with Gasteiger partial charge in [-0.05, 0) is 24.3 Å². The van der Waals surface area contributed by atoms with Gasteiger partial charge in [-0.2, -0.15) is 0 Å². The average Bonchev–Trinajstić information content (AvgIpc) is 2.85. The number of fused-ring (bicyclic) bond motifs is 1. The molecule has 0 fully saturated rings. The van der Waals surface area contributed by atoms with E-state index in [0.717, 1.165) is 5.39 Å². The molecular formula is C15H11NO3. The van der Waals surface area contributed by atoms with Crippen molar-refractivity contribution in [3.8, 4) is 11.5 Å². The van der Waals surface area contributed by atoms with Crippen LogP contribution in [0.5, 0.6) is 11.5 Å². The Bertz CT molecular complexity index is 731. The number of nitrogens with one attached hydrogen (secondary N) is 1. The molecule has 0 saturated heterocycles. The van der Waals surface area contributed by atoms with Crippen LogP contribution in [0.3, 0.4) is 0 Å². The zero-order valence-electron chi connectivity index (χ0n) is 9.96. The van der Waals surface area contributed by atoms with Gasteiger partial charge in [0.25, 0.3) is 0 Å². The second-order valence-electron chi connectivity index (χ2n) is 4.12. The van der Waals surface area contributed by atoms with Crippen LogP contribution in [-0.4, -0.2) is 16.1 Å². The summed E-state index contributed by atoms with van der Waals surface area (Å²) < 4.78 is 5.76. The van der Waals surface area contributed by atoms with Gasteiger partial charge in [0.2, 0.25) is 0 Å². The first-order valence-corrected chi connectivity index (χ1v) is 5.82. The number of H-pyrrole nitrogens is 1. The molecule has 0 aliphatic carbocycles. The maximum atomic E-state index is 11.0. The van der Waals surface area contributed by atoms with Gasteiger partial charge in [-0.15, -0.1) is 0 Å². The number of ether oxygens (including phenoxy) is 1. The fraction of sp³-hybridized carbons (Fsp3) is 0. The summed E-state index contributed by atoms with van der Waals surface area (Å²) >= 11 is 0. The highest BCUT2D eigenvalue weighted by Gasteiger charge is 2.11. The Morgan fingerprint density at radius 1 is 1.05 bits per heavy atom. The summed E-state index contributed by atoms with van der Waals surface area (Å²) in [6, 6.07) is 16.4. The quantitative estimate of drug-likeness (QED) is 0.748. The predicted octanol–water partition coefficient (Wildman–Crippen LogP) is 3.66. The fourth-order valence-electron chi connectivity index (χ4n) is 1.94. The molecule has 4 nitrogen and oxygen atoms in total. The van der Waals surface area contributed by atoms with E-state index in [1.54, 1.807) is 12.1 Å². The summed E-state index contributed by atoms with van der Waals surface area (Å²) in [5.41, 5.74) is 0.836. The lowest BCUT2D eigenvalue weighted by Gasteiger charge is -2.06. The first-order valence-electron chi connectivity index (χ1n) is 5.82. The largest absolute Gasteiger partial charge is 0.477 e. The fourth-order valence-corrected chi connectivity index (χ4v) is 1.94. The number of aromatic nitrogens is 1. The number of hydrogen-bond acceptors (Lipinski definition) is 2. The summed E-state index contributed by atoms with van der Waals surface area (Å²) in [5, 5.41) is 9.81. The molecule has 0 saturated carbocycles. The van der Waals surface area contributed by atoms with Gasteiger partial charge in [0, 0.05) is 5.39 Å². The van der Waals surface area contributed by atoms with E-state index in [0.29, 0.717) is 17.0 Å². The van der Waals surface area contributed by atoms with Gasteiger partial charge in [0.05, 0.1) is 5.52 Å². The number of rotatable bonds is 3. The van der Waals surface area contributed by atoms with E-state index in [4.69, 9.17) is 9.84 Å². The maximum Gasteiger partial charge on any atom is 0.352 e. The zero-order chi connectivity index (χ0) is 13.2. The Balaban J connectivity index is 2.06. The van der Waals surface area contributed by atoms with Gasteiger partial charge in [-0.25, -0.2) is 4.79 Å². The Morgan fingerprint density at radius 2 is 1.84 bits per heavy atom. The second-order valence-corrected chi connectivity index (χ2v) is 4.12. The monoisotopic (exact) mass is 253 g/mol. The molecule has 3 rings (SSSR count). The Kier molecular flexibility index (Phi) is 2.68. The molecule has 2 aromatic carbocycles. The number of hydrogen-bond donors (Lipinski definition) is 2. The van der Waals surface area contributed by atoms with Crippen molar-refractivity contribution in [1.82, 2.24) is 4.98 Å². The van der Waals surface area contributed by atoms with E-state index >= 15 is 0 Å². The molecule has 0 bridgehead atoms. The molecule has 0 radical (unpaired) electrons. The number of para-hydroxylation sites is 2. The number of carbonyl (C=O) groups is 1. The van der Waals surface area contributed by atoms with Crippen LogP contribution in [0.25, 0.3) is 10.9 Å². The lowest BCUT2D eigenvalue weighted by atomic mass is 10.2. The zero-order valence-corrected chi connectivity index (χ0v) is 9.96. The van der Waals surface area contributed by atoms with Crippen molar-refractivity contribution in [2.45, 2.75) is 0 Å². The van der Waals surface area contributed by atoms with E-state index in [2.05, 4.69) is 4.98 Å². The van der Waals surface area contributed by atoms with Gasteiger partial charge < -0.3 is 14.8 Å². The van der Waals surface area contributed by atoms with Gasteiger partial charge in [-0.1, -0.05) is 30.3 Å². The highest BCUT2D eigenvalue weighted by molar-refractivity contribution is 5.95. The molecule has 0 amide bonds. The van der Waals surface area contributed by atoms with Crippen molar-refractivity contribution in [2.24, 2.45) is 0 Å². The van der Waals surface area contributed by atoms with Crippen molar-refractivity contribution < 1.29 is 14.6 Å². The van der Waals surface area contributed by atoms with Crippen molar-refractivity contribution >= 4 is 16.9 Å². The van der Waals surface area contributed by atoms with Crippen LogP contribution in [0, 0.1) is 0 Å². The minimum absolute atomic E-state index is 0.152. The first-order chi connectivity index (χ1) is 9.24. The van der Waals surface area contributed by atoms with Crippen molar-refractivity contribution in [3.05, 3.63) is 60.3 Å². The van der Waals surface area contributed by atoms with Crippen LogP contribution >= 0.6 is 0 Å². The molecule has 94 valence electrons. The topological polar surface area (TPSA) is 62.3 Å². The minimum atomic E-state index is -0.984. The van der Waals surface area contributed by atoms with Crippen LogP contribution in [0.2, 0.25) is 0 Å². The van der Waals surface area contributed by atoms with Gasteiger partial charge in [-0.3, -0.25) is 0 Å². The average molecular weight is 253 g/mol. The molecule has 0 spiro atoms. The number of aromatic carboxylic acids is 1. The third kappa shape index (κ3) is 2.15. The standard InChI is InChI=1S/C15H11NO3/c17-15(18)12-9-10-5-4-8-13(14(10)16-12)19-11-6-2-1-3-7-11/h1-9,16H,(H,17,18). The third-order valence-electron chi connectivity index (χ3n) is 2.82. The van der Waals surface area contributed by atoms with Crippen molar-refractivity contribution in [1.29, 1.82) is 0 Å². The molecule has 19 heavy (non-hydrogen) atoms. The number of carboxylic acid groups (broad SMARTS) is 1. The minimum Gasteiger partial charge on any atom is -0.477 e. The van der Waals surface area contributed by atoms with Crippen LogP contribution in [-0.2, 0) is 0 Å². The van der Waals surface area contributed by atoms with Crippen LogP contribution in [0.1, 0.15) is 10.5 Å². The molecule has 4 heteroatoms. The van der Waals surface area contributed by atoms with Gasteiger partial charge >= 0.3 is 5.97 Å². The Hall–Kier alpha value is -2.75. The molecule has 1 aromatic heterocycles. The summed E-state index contributed by atoms with van der Waals surface area (Å²) in [4.78, 5) is 13.8. The third-order valence-corrected chi connectivity index (χ3v) is 2.82. The van der Waals surface area contributed by atoms with Crippen LogP contribution in [0.15, 0.2) is 54.6 Å². The number of carboxylic acids is 1. The van der Waals surface area contributed by atoms with E-state index in [1.807, 2.05) is 42.5 Å². The molecule has 1 heterocycles. The molecule has 0 aliphatic heterocycles. The van der Waals surface area contributed by atoms with Crippen LogP contribution < -0.4 is 4.74 Å². The predicted molar refractivity (Wildman–Crippen MR) is 71.8 cm³/mol. The molecule has 0 aliphatic rings. The van der Waals surface area contributed by atoms with Gasteiger partial charge in [0.15, 0.2) is 5.75 Å². The SMILES string of the molecule is O=C(O)c1cc2cccc(Oc3ccccc3)c2[nH]1. The highest BCUT2D eigenvalue weighted by Crippen LogP contribution is 2.29. The van der Waals surface area contributed by atoms with E-state index in [1.165, 1.54) is 0 Å². The van der Waals surface area contributed by atoms with Crippen molar-refractivity contribution in [2.75, 3.05) is 0 Å². The maximum absolute atomic E-state index is 11.0. The first kappa shape index (κ1) is 11.3. The normalized spacial score (nSPS) is 10.5. The van der Waals surface area contributed by atoms with E-state index in [-0.39, 0.29) is 5.69 Å². The lowest BCUT2D eigenvalue weighted by Crippen LogP contribution is -1.95. The summed E-state index contributed by atoms with van der Waals surface area (Å²) in [7, 11) is 0. The Labute approximate surface area is 109 Å². The number of aromatic amines is 1. The van der Waals surface area contributed by atoms with E-state index in [9.17, 15) is 4.79 Å². The lowest BCUT2D eigenvalue weighted by molar-refractivity contribution is 0.0691. The summed E-state index contributed by atoms with van der Waals surface area (Å²) in [5.74, 6) is 0.333. The van der Waals surface area contributed by atoms with Crippen molar-refractivity contribution in [3.63, 3.8) is 0 Å². The number of benzene rings is 2. The molecular weight excluding hydrogens is 242 g/mol. The molecule has 2 N–H and O–H groups in total. The summed E-state index contributed by atoms with van der Waals surface area (Å²) in [6.45, 7) is 0. The second kappa shape index (κ2) is 4.49. The molecule has 3 aromatic rings. The molecule has 0 unspecified atom stereocenters. The van der Waals surface area contributed by atoms with E-state index < -0.39 is 5.97 Å². The Morgan fingerprint density at radius 3 is 2.58 bits per heavy atom.